The number of hydrogen-bond donors (Lipinski definition) is 2. The van der Waals surface area contributed by atoms with Gasteiger partial charge in [0.05, 0.1) is 5.92 Å². The van der Waals surface area contributed by atoms with Crippen LogP contribution in [-0.4, -0.2) is 57.9 Å². The SMILES string of the molecule is O=C(NC1(C(=O)O)CCSC1)C1CC(=O)N(CC2CC2)C1. The van der Waals surface area contributed by atoms with E-state index < -0.39 is 17.4 Å². The zero-order chi connectivity index (χ0) is 15.0. The van der Waals surface area contributed by atoms with E-state index >= 15 is 0 Å². The summed E-state index contributed by atoms with van der Waals surface area (Å²) in [4.78, 5) is 37.5. The van der Waals surface area contributed by atoms with Crippen molar-refractivity contribution in [1.82, 2.24) is 10.2 Å². The van der Waals surface area contributed by atoms with E-state index in [-0.39, 0.29) is 18.2 Å². The maximum absolute atomic E-state index is 12.3. The summed E-state index contributed by atoms with van der Waals surface area (Å²) in [5, 5.41) is 12.1. The zero-order valence-corrected chi connectivity index (χ0v) is 12.7. The number of likely N-dealkylation sites (tertiary alicyclic amines) is 1. The molecule has 0 aromatic rings. The number of rotatable bonds is 5. The van der Waals surface area contributed by atoms with Gasteiger partial charge in [-0.3, -0.25) is 9.59 Å². The molecule has 0 aromatic carbocycles. The first kappa shape index (κ1) is 14.7. The fourth-order valence-corrected chi connectivity index (χ4v) is 4.29. The molecule has 1 aliphatic carbocycles. The third-order valence-corrected chi connectivity index (χ3v) is 5.74. The Hall–Kier alpha value is -1.24. The minimum Gasteiger partial charge on any atom is -0.479 e. The largest absolute Gasteiger partial charge is 0.479 e. The van der Waals surface area contributed by atoms with Crippen molar-refractivity contribution in [2.75, 3.05) is 24.6 Å². The molecule has 21 heavy (non-hydrogen) atoms. The number of carboxylic acids is 1. The molecule has 2 heterocycles. The van der Waals surface area contributed by atoms with Gasteiger partial charge in [-0.1, -0.05) is 0 Å². The molecule has 116 valence electrons. The second-order valence-corrected chi connectivity index (χ2v) is 7.43. The molecule has 2 saturated heterocycles. The average molecular weight is 312 g/mol. The summed E-state index contributed by atoms with van der Waals surface area (Å²) in [6, 6.07) is 0. The van der Waals surface area contributed by atoms with E-state index in [0.29, 0.717) is 24.6 Å². The van der Waals surface area contributed by atoms with Crippen molar-refractivity contribution >= 4 is 29.5 Å². The van der Waals surface area contributed by atoms with Crippen LogP contribution >= 0.6 is 11.8 Å². The molecule has 6 nitrogen and oxygen atoms in total. The van der Waals surface area contributed by atoms with E-state index in [0.717, 1.165) is 12.3 Å². The third kappa shape index (κ3) is 3.02. The first-order valence-electron chi connectivity index (χ1n) is 7.41. The lowest BCUT2D eigenvalue weighted by Crippen LogP contribution is -2.56. The summed E-state index contributed by atoms with van der Waals surface area (Å²) < 4.78 is 0. The van der Waals surface area contributed by atoms with E-state index in [1.165, 1.54) is 24.6 Å². The van der Waals surface area contributed by atoms with E-state index in [2.05, 4.69) is 5.32 Å². The summed E-state index contributed by atoms with van der Waals surface area (Å²) in [7, 11) is 0. The van der Waals surface area contributed by atoms with E-state index in [1.807, 2.05) is 0 Å². The first-order valence-corrected chi connectivity index (χ1v) is 8.56. The van der Waals surface area contributed by atoms with Gasteiger partial charge in [0.2, 0.25) is 11.8 Å². The Balaban J connectivity index is 1.60. The molecule has 2 atom stereocenters. The highest BCUT2D eigenvalue weighted by Gasteiger charge is 2.46. The normalized spacial score (nSPS) is 32.5. The predicted octanol–water partition coefficient (Wildman–Crippen LogP) is 0.321. The van der Waals surface area contributed by atoms with Crippen LogP contribution < -0.4 is 5.32 Å². The number of carbonyl (C=O) groups is 3. The Labute approximate surface area is 127 Å². The third-order valence-electron chi connectivity index (χ3n) is 4.55. The standard InChI is InChI=1S/C14H20N2O4S/c17-11-5-10(7-16(11)6-9-1-2-9)12(18)15-14(13(19)20)3-4-21-8-14/h9-10H,1-8H2,(H,15,18)(H,19,20). The number of nitrogens with one attached hydrogen (secondary N) is 1. The van der Waals surface area contributed by atoms with Gasteiger partial charge in [-0.05, 0) is 30.9 Å². The van der Waals surface area contributed by atoms with Crippen LogP contribution in [0.1, 0.15) is 25.7 Å². The number of carbonyl (C=O) groups excluding carboxylic acids is 2. The van der Waals surface area contributed by atoms with Crippen LogP contribution in [0.2, 0.25) is 0 Å². The molecule has 3 aliphatic rings. The van der Waals surface area contributed by atoms with Crippen molar-refractivity contribution in [3.63, 3.8) is 0 Å². The fourth-order valence-electron chi connectivity index (χ4n) is 2.96. The molecule has 7 heteroatoms. The minimum absolute atomic E-state index is 0.0206. The van der Waals surface area contributed by atoms with Crippen molar-refractivity contribution < 1.29 is 19.5 Å². The summed E-state index contributed by atoms with van der Waals surface area (Å²) in [5.74, 6) is 0.106. The maximum atomic E-state index is 12.3. The molecule has 3 fully saturated rings. The van der Waals surface area contributed by atoms with Gasteiger partial charge in [0.15, 0.2) is 0 Å². The molecule has 2 unspecified atom stereocenters. The average Bonchev–Trinajstić information content (AvgIpc) is 2.98. The minimum atomic E-state index is -1.14. The van der Waals surface area contributed by atoms with Crippen molar-refractivity contribution in [2.24, 2.45) is 11.8 Å². The summed E-state index contributed by atoms with van der Waals surface area (Å²) in [6.07, 6.45) is 2.99. The number of carboxylic acid groups (broad SMARTS) is 1. The van der Waals surface area contributed by atoms with Gasteiger partial charge in [0.25, 0.3) is 0 Å². The van der Waals surface area contributed by atoms with Crippen LogP contribution in [0.5, 0.6) is 0 Å². The van der Waals surface area contributed by atoms with Gasteiger partial charge in [0.1, 0.15) is 5.54 Å². The van der Waals surface area contributed by atoms with Crippen LogP contribution in [0.15, 0.2) is 0 Å². The van der Waals surface area contributed by atoms with Gasteiger partial charge < -0.3 is 15.3 Å². The number of aliphatic carboxylic acids is 1. The van der Waals surface area contributed by atoms with Crippen LogP contribution in [0.3, 0.4) is 0 Å². The molecular weight excluding hydrogens is 292 g/mol. The number of amides is 2. The van der Waals surface area contributed by atoms with Crippen molar-refractivity contribution in [3.05, 3.63) is 0 Å². The molecule has 0 bridgehead atoms. The van der Waals surface area contributed by atoms with Crippen LogP contribution in [0.25, 0.3) is 0 Å². The van der Waals surface area contributed by atoms with Crippen LogP contribution in [0, 0.1) is 11.8 Å². The van der Waals surface area contributed by atoms with Gasteiger partial charge in [-0.15, -0.1) is 0 Å². The van der Waals surface area contributed by atoms with Crippen LogP contribution in [0.4, 0.5) is 0 Å². The zero-order valence-electron chi connectivity index (χ0n) is 11.8. The monoisotopic (exact) mass is 312 g/mol. The first-order chi connectivity index (χ1) is 10.00. The Morgan fingerprint density at radius 2 is 2.19 bits per heavy atom. The fraction of sp³-hybridized carbons (Fsp3) is 0.786. The molecular formula is C14H20N2O4S. The van der Waals surface area contributed by atoms with Gasteiger partial charge in [-0.25, -0.2) is 4.79 Å². The second-order valence-electron chi connectivity index (χ2n) is 6.32. The maximum Gasteiger partial charge on any atom is 0.330 e. The van der Waals surface area contributed by atoms with Crippen molar-refractivity contribution in [2.45, 2.75) is 31.2 Å². The lowest BCUT2D eigenvalue weighted by molar-refractivity contribution is -0.147. The van der Waals surface area contributed by atoms with Crippen LogP contribution in [-0.2, 0) is 14.4 Å². The van der Waals surface area contributed by atoms with Crippen molar-refractivity contribution in [3.8, 4) is 0 Å². The summed E-state index contributed by atoms with van der Waals surface area (Å²) in [5.41, 5.74) is -1.14. The Morgan fingerprint density at radius 3 is 2.76 bits per heavy atom. The topological polar surface area (TPSA) is 86.7 Å². The molecule has 2 N–H and O–H groups in total. The van der Waals surface area contributed by atoms with Crippen molar-refractivity contribution in [1.29, 1.82) is 0 Å². The Bertz CT molecular complexity index is 472. The molecule has 0 spiro atoms. The molecule has 2 amide bonds. The predicted molar refractivity (Wildman–Crippen MR) is 77.9 cm³/mol. The number of nitrogens with zero attached hydrogens (tertiary/aromatic N) is 1. The molecule has 1 saturated carbocycles. The van der Waals surface area contributed by atoms with E-state index in [9.17, 15) is 19.5 Å². The number of hydrogen-bond acceptors (Lipinski definition) is 4. The molecule has 0 radical (unpaired) electrons. The highest BCUT2D eigenvalue weighted by atomic mass is 32.2. The van der Waals surface area contributed by atoms with Gasteiger partial charge in [-0.2, -0.15) is 11.8 Å². The highest BCUT2D eigenvalue weighted by molar-refractivity contribution is 7.99. The smallest absolute Gasteiger partial charge is 0.330 e. The Morgan fingerprint density at radius 1 is 1.43 bits per heavy atom. The molecule has 3 rings (SSSR count). The lowest BCUT2D eigenvalue weighted by Gasteiger charge is -2.26. The lowest BCUT2D eigenvalue weighted by atomic mass is 9.97. The van der Waals surface area contributed by atoms with E-state index in [1.54, 1.807) is 4.90 Å². The second kappa shape index (κ2) is 5.51. The molecule has 2 aliphatic heterocycles. The quantitative estimate of drug-likeness (QED) is 0.763. The summed E-state index contributed by atoms with van der Waals surface area (Å²) >= 11 is 1.54. The van der Waals surface area contributed by atoms with E-state index in [4.69, 9.17) is 0 Å². The number of thioether (sulfide) groups is 1. The van der Waals surface area contributed by atoms with Gasteiger partial charge >= 0.3 is 5.97 Å². The van der Waals surface area contributed by atoms with Gasteiger partial charge in [0, 0.05) is 25.3 Å². The highest BCUT2D eigenvalue weighted by Crippen LogP contribution is 2.33. The molecule has 0 aromatic heterocycles. The Kier molecular flexibility index (Phi) is 3.86. The summed E-state index contributed by atoms with van der Waals surface area (Å²) in [6.45, 7) is 1.19.